The van der Waals surface area contributed by atoms with Gasteiger partial charge >= 0.3 is 0 Å². The molecule has 0 radical (unpaired) electrons. The van der Waals surface area contributed by atoms with Crippen molar-refractivity contribution in [3.05, 3.63) is 41.9 Å². The van der Waals surface area contributed by atoms with Gasteiger partial charge in [-0.1, -0.05) is 0 Å². The fourth-order valence-corrected chi connectivity index (χ4v) is 1.60. The highest BCUT2D eigenvalue weighted by molar-refractivity contribution is 5.59. The third kappa shape index (κ3) is 2.68. The van der Waals surface area contributed by atoms with Gasteiger partial charge in [-0.2, -0.15) is 0 Å². The number of nitrogens with two attached hydrogens (primary N) is 1. The Kier molecular flexibility index (Phi) is 3.49. The van der Waals surface area contributed by atoms with Gasteiger partial charge in [-0.05, 0) is 25.1 Å². The number of hydrogen-bond donors (Lipinski definition) is 2. The molecule has 0 aliphatic carbocycles. The van der Waals surface area contributed by atoms with E-state index in [4.69, 9.17) is 5.73 Å². The van der Waals surface area contributed by atoms with Crippen LogP contribution in [0.2, 0.25) is 0 Å². The van der Waals surface area contributed by atoms with E-state index in [0.29, 0.717) is 17.8 Å². The first kappa shape index (κ1) is 11.7. The highest BCUT2D eigenvalue weighted by atomic mass is 19.1. The molecular weight excluding hydrogens is 224 g/mol. The van der Waals surface area contributed by atoms with Gasteiger partial charge in [-0.15, -0.1) is 0 Å². The minimum atomic E-state index is -0.598. The van der Waals surface area contributed by atoms with E-state index in [0.717, 1.165) is 24.7 Å². The Morgan fingerprint density at radius 1 is 1.29 bits per heavy atom. The van der Waals surface area contributed by atoms with Crippen LogP contribution >= 0.6 is 0 Å². The Morgan fingerprint density at radius 2 is 2.12 bits per heavy atom. The summed E-state index contributed by atoms with van der Waals surface area (Å²) in [4.78, 5) is 7.12. The predicted molar refractivity (Wildman–Crippen MR) is 61.3 cm³/mol. The minimum absolute atomic E-state index is 0.317. The maximum atomic E-state index is 13.5. The van der Waals surface area contributed by atoms with Crippen molar-refractivity contribution < 1.29 is 8.78 Å². The van der Waals surface area contributed by atoms with E-state index in [1.54, 1.807) is 6.20 Å². The number of hydrogen-bond acceptors (Lipinski definition) is 2. The van der Waals surface area contributed by atoms with Crippen molar-refractivity contribution in [2.45, 2.75) is 12.8 Å². The van der Waals surface area contributed by atoms with Gasteiger partial charge in [0.2, 0.25) is 0 Å². The smallest absolute Gasteiger partial charge is 0.135 e. The van der Waals surface area contributed by atoms with Crippen molar-refractivity contribution in [1.82, 2.24) is 9.97 Å². The summed E-state index contributed by atoms with van der Waals surface area (Å²) in [6.07, 6.45) is 3.08. The van der Waals surface area contributed by atoms with Crippen LogP contribution in [0.5, 0.6) is 0 Å². The molecule has 0 aliphatic rings. The summed E-state index contributed by atoms with van der Waals surface area (Å²) in [5.41, 5.74) is 6.26. The summed E-state index contributed by atoms with van der Waals surface area (Å²) < 4.78 is 26.2. The zero-order valence-electron chi connectivity index (χ0n) is 9.21. The SMILES string of the molecule is NCCCc1ncc(-c2ccc(F)cc2F)[nH]1. The van der Waals surface area contributed by atoms with Gasteiger partial charge < -0.3 is 10.7 Å². The number of H-pyrrole nitrogens is 1. The number of halogens is 2. The van der Waals surface area contributed by atoms with E-state index >= 15 is 0 Å². The standard InChI is InChI=1S/C12H13F2N3/c13-8-3-4-9(10(14)6-8)11-7-16-12(17-11)2-1-5-15/h3-4,6-7H,1-2,5,15H2,(H,16,17). The van der Waals surface area contributed by atoms with E-state index in [2.05, 4.69) is 9.97 Å². The first-order chi connectivity index (χ1) is 8.20. The Hall–Kier alpha value is -1.75. The molecule has 0 atom stereocenters. The lowest BCUT2D eigenvalue weighted by molar-refractivity contribution is 0.585. The zero-order valence-corrected chi connectivity index (χ0v) is 9.21. The molecule has 0 aliphatic heterocycles. The number of imidazole rings is 1. The number of aromatic nitrogens is 2. The molecule has 3 nitrogen and oxygen atoms in total. The molecule has 17 heavy (non-hydrogen) atoms. The molecule has 90 valence electrons. The molecule has 0 bridgehead atoms. The van der Waals surface area contributed by atoms with Crippen LogP contribution in [0, 0.1) is 11.6 Å². The summed E-state index contributed by atoms with van der Waals surface area (Å²) in [6, 6.07) is 3.47. The van der Waals surface area contributed by atoms with Crippen molar-refractivity contribution in [2.75, 3.05) is 6.54 Å². The van der Waals surface area contributed by atoms with Gasteiger partial charge in [0.15, 0.2) is 0 Å². The number of benzene rings is 1. The number of aromatic amines is 1. The summed E-state index contributed by atoms with van der Waals surface area (Å²) in [5.74, 6) is -0.428. The Labute approximate surface area is 97.7 Å². The average molecular weight is 237 g/mol. The number of nitrogens with zero attached hydrogens (tertiary/aromatic N) is 1. The molecule has 0 saturated carbocycles. The van der Waals surface area contributed by atoms with Gasteiger partial charge in [-0.3, -0.25) is 0 Å². The quantitative estimate of drug-likeness (QED) is 0.856. The van der Waals surface area contributed by atoms with Crippen molar-refractivity contribution in [3.8, 4) is 11.3 Å². The second-order valence-corrected chi connectivity index (χ2v) is 3.76. The number of rotatable bonds is 4. The van der Waals surface area contributed by atoms with E-state index < -0.39 is 11.6 Å². The van der Waals surface area contributed by atoms with Crippen molar-refractivity contribution in [2.24, 2.45) is 5.73 Å². The largest absolute Gasteiger partial charge is 0.342 e. The van der Waals surface area contributed by atoms with Crippen molar-refractivity contribution in [3.63, 3.8) is 0 Å². The van der Waals surface area contributed by atoms with Crippen LogP contribution in [-0.4, -0.2) is 16.5 Å². The summed E-state index contributed by atoms with van der Waals surface area (Å²) >= 11 is 0. The van der Waals surface area contributed by atoms with Gasteiger partial charge in [0.05, 0.1) is 11.9 Å². The van der Waals surface area contributed by atoms with Crippen LogP contribution < -0.4 is 5.73 Å². The summed E-state index contributed by atoms with van der Waals surface area (Å²) in [7, 11) is 0. The Bertz CT molecular complexity index is 508. The van der Waals surface area contributed by atoms with Crippen LogP contribution in [-0.2, 0) is 6.42 Å². The Balaban J connectivity index is 2.24. The molecule has 1 aromatic heterocycles. The van der Waals surface area contributed by atoms with Crippen LogP contribution in [0.15, 0.2) is 24.4 Å². The lowest BCUT2D eigenvalue weighted by Crippen LogP contribution is -2.01. The molecule has 2 aromatic rings. The monoisotopic (exact) mass is 237 g/mol. The lowest BCUT2D eigenvalue weighted by Gasteiger charge is -2.00. The van der Waals surface area contributed by atoms with Gasteiger partial charge in [-0.25, -0.2) is 13.8 Å². The van der Waals surface area contributed by atoms with Gasteiger partial charge in [0.25, 0.3) is 0 Å². The molecular formula is C12H13F2N3. The average Bonchev–Trinajstić information content (AvgIpc) is 2.75. The number of aryl methyl sites for hydroxylation is 1. The second-order valence-electron chi connectivity index (χ2n) is 3.76. The normalized spacial score (nSPS) is 10.8. The van der Waals surface area contributed by atoms with Gasteiger partial charge in [0.1, 0.15) is 17.5 Å². The third-order valence-corrected chi connectivity index (χ3v) is 2.47. The molecule has 1 heterocycles. The summed E-state index contributed by atoms with van der Waals surface area (Å²) in [6.45, 7) is 0.584. The van der Waals surface area contributed by atoms with Crippen LogP contribution in [0.25, 0.3) is 11.3 Å². The highest BCUT2D eigenvalue weighted by Crippen LogP contribution is 2.21. The molecule has 3 N–H and O–H groups in total. The van der Waals surface area contributed by atoms with Gasteiger partial charge in [0, 0.05) is 18.1 Å². The van der Waals surface area contributed by atoms with Crippen molar-refractivity contribution in [1.29, 1.82) is 0 Å². The second kappa shape index (κ2) is 5.05. The van der Waals surface area contributed by atoms with Crippen LogP contribution in [0.4, 0.5) is 8.78 Å². The summed E-state index contributed by atoms with van der Waals surface area (Å²) in [5, 5.41) is 0. The van der Waals surface area contributed by atoms with E-state index in [1.807, 2.05) is 0 Å². The van der Waals surface area contributed by atoms with Crippen LogP contribution in [0.3, 0.4) is 0 Å². The molecule has 0 spiro atoms. The molecule has 0 fully saturated rings. The van der Waals surface area contributed by atoms with Crippen LogP contribution in [0.1, 0.15) is 12.2 Å². The van der Waals surface area contributed by atoms with Crippen molar-refractivity contribution >= 4 is 0 Å². The third-order valence-electron chi connectivity index (χ3n) is 2.47. The molecule has 0 saturated heterocycles. The lowest BCUT2D eigenvalue weighted by atomic mass is 10.1. The van der Waals surface area contributed by atoms with E-state index in [1.165, 1.54) is 12.1 Å². The predicted octanol–water partition coefficient (Wildman–Crippen LogP) is 2.25. The van der Waals surface area contributed by atoms with E-state index in [-0.39, 0.29) is 0 Å². The molecule has 0 unspecified atom stereocenters. The molecule has 5 heteroatoms. The topological polar surface area (TPSA) is 54.7 Å². The highest BCUT2D eigenvalue weighted by Gasteiger charge is 2.09. The van der Waals surface area contributed by atoms with E-state index in [9.17, 15) is 8.78 Å². The molecule has 2 rings (SSSR count). The maximum Gasteiger partial charge on any atom is 0.135 e. The minimum Gasteiger partial charge on any atom is -0.342 e. The molecule has 1 aromatic carbocycles. The number of nitrogens with one attached hydrogen (secondary N) is 1. The Morgan fingerprint density at radius 3 is 2.82 bits per heavy atom. The molecule has 0 amide bonds. The fraction of sp³-hybridized carbons (Fsp3) is 0.250. The maximum absolute atomic E-state index is 13.5. The first-order valence-electron chi connectivity index (χ1n) is 5.40. The fourth-order valence-electron chi connectivity index (χ4n) is 1.60. The first-order valence-corrected chi connectivity index (χ1v) is 5.40. The zero-order chi connectivity index (χ0) is 12.3.